The lowest BCUT2D eigenvalue weighted by molar-refractivity contribution is 0.101. The highest BCUT2D eigenvalue weighted by Gasteiger charge is 2.23. The summed E-state index contributed by atoms with van der Waals surface area (Å²) in [5.74, 6) is 0.508. The molecule has 0 aliphatic rings. The second-order valence-electron chi connectivity index (χ2n) is 6.75. The van der Waals surface area contributed by atoms with Gasteiger partial charge in [-0.3, -0.25) is 4.79 Å². The minimum Gasteiger partial charge on any atom is -0.454 e. The third-order valence-electron chi connectivity index (χ3n) is 4.69. The molecule has 0 unspecified atom stereocenters. The van der Waals surface area contributed by atoms with E-state index >= 15 is 0 Å². The van der Waals surface area contributed by atoms with E-state index in [0.29, 0.717) is 33.5 Å². The van der Waals surface area contributed by atoms with Crippen molar-refractivity contribution in [3.05, 3.63) is 70.1 Å². The summed E-state index contributed by atoms with van der Waals surface area (Å²) in [6.45, 7) is 1.48. The largest absolute Gasteiger partial charge is 0.454 e. The number of thiazole rings is 1. The fourth-order valence-electron chi connectivity index (χ4n) is 3.32. The van der Waals surface area contributed by atoms with E-state index < -0.39 is 0 Å². The zero-order valence-corrected chi connectivity index (χ0v) is 18.2. The van der Waals surface area contributed by atoms with Crippen LogP contribution in [0.2, 0.25) is 0 Å². The average Bonchev–Trinajstić information content (AvgIpc) is 3.44. The first kappa shape index (κ1) is 18.8. The predicted molar refractivity (Wildman–Crippen MR) is 122 cm³/mol. The van der Waals surface area contributed by atoms with Crippen LogP contribution in [0.1, 0.15) is 17.4 Å². The summed E-state index contributed by atoms with van der Waals surface area (Å²) < 4.78 is 8.50. The maximum Gasteiger partial charge on any atom is 0.180 e. The van der Waals surface area contributed by atoms with Crippen LogP contribution in [-0.4, -0.2) is 20.5 Å². The van der Waals surface area contributed by atoms with Gasteiger partial charge in [0, 0.05) is 22.2 Å². The zero-order chi connectivity index (χ0) is 20.8. The molecule has 0 fully saturated rings. The molecule has 0 saturated carbocycles. The van der Waals surface area contributed by atoms with Gasteiger partial charge in [-0.2, -0.15) is 5.10 Å². The van der Waals surface area contributed by atoms with Crippen molar-refractivity contribution in [2.75, 3.05) is 5.73 Å². The van der Waals surface area contributed by atoms with E-state index in [2.05, 4.69) is 26.0 Å². The Hall–Kier alpha value is -3.23. The third kappa shape index (κ3) is 3.14. The standard InChI is InChI=1S/C22H15BrN4O2S/c1-12(28)21-19(24)20(26-27(21)15-5-3-2-4-6-15)22-25-16(11-30-22)18-10-13-9-14(23)7-8-17(13)29-18/h2-11H,24H2,1H3. The molecular formula is C22H15BrN4O2S. The molecule has 0 spiro atoms. The van der Waals surface area contributed by atoms with E-state index in [9.17, 15) is 4.79 Å². The summed E-state index contributed by atoms with van der Waals surface area (Å²) in [6.07, 6.45) is 0. The second kappa shape index (κ2) is 7.23. The lowest BCUT2D eigenvalue weighted by Crippen LogP contribution is -2.07. The van der Waals surface area contributed by atoms with Crippen molar-refractivity contribution >= 4 is 49.7 Å². The van der Waals surface area contributed by atoms with Gasteiger partial charge >= 0.3 is 0 Å². The molecule has 2 aromatic carbocycles. The summed E-state index contributed by atoms with van der Waals surface area (Å²) in [5.41, 5.74) is 9.73. The number of carbonyl (C=O) groups excluding carboxylic acids is 1. The van der Waals surface area contributed by atoms with Crippen LogP contribution in [0, 0.1) is 0 Å². The number of hydrogen-bond donors (Lipinski definition) is 1. The van der Waals surface area contributed by atoms with E-state index in [-0.39, 0.29) is 5.78 Å². The van der Waals surface area contributed by atoms with Crippen molar-refractivity contribution < 1.29 is 9.21 Å². The first-order valence-electron chi connectivity index (χ1n) is 9.11. The van der Waals surface area contributed by atoms with Gasteiger partial charge in [-0.05, 0) is 36.4 Å². The molecule has 5 rings (SSSR count). The monoisotopic (exact) mass is 478 g/mol. The highest BCUT2D eigenvalue weighted by molar-refractivity contribution is 9.10. The van der Waals surface area contributed by atoms with Crippen LogP contribution < -0.4 is 5.73 Å². The number of aromatic nitrogens is 3. The average molecular weight is 479 g/mol. The summed E-state index contributed by atoms with van der Waals surface area (Å²) in [7, 11) is 0. The number of fused-ring (bicyclic) bond motifs is 1. The van der Waals surface area contributed by atoms with Gasteiger partial charge in [0.1, 0.15) is 27.7 Å². The Morgan fingerprint density at radius 3 is 2.73 bits per heavy atom. The van der Waals surface area contributed by atoms with E-state index in [1.165, 1.54) is 18.3 Å². The van der Waals surface area contributed by atoms with E-state index in [1.54, 1.807) is 4.68 Å². The maximum atomic E-state index is 12.3. The quantitative estimate of drug-likeness (QED) is 0.322. The van der Waals surface area contributed by atoms with Crippen LogP contribution >= 0.6 is 27.3 Å². The first-order valence-corrected chi connectivity index (χ1v) is 10.8. The number of nitrogens with two attached hydrogens (primary N) is 1. The smallest absolute Gasteiger partial charge is 0.180 e. The van der Waals surface area contributed by atoms with Gasteiger partial charge in [0.2, 0.25) is 0 Å². The SMILES string of the molecule is CC(=O)c1c(N)c(-c2nc(-c3cc4cc(Br)ccc4o3)cs2)nn1-c1ccccc1. The maximum absolute atomic E-state index is 12.3. The molecule has 0 aliphatic heterocycles. The van der Waals surface area contributed by atoms with Gasteiger partial charge in [-0.1, -0.05) is 34.1 Å². The van der Waals surface area contributed by atoms with Crippen LogP contribution in [0.3, 0.4) is 0 Å². The molecule has 0 radical (unpaired) electrons. The minimum absolute atomic E-state index is 0.158. The molecule has 3 heterocycles. The Bertz CT molecular complexity index is 1400. The number of carbonyl (C=O) groups is 1. The number of Topliss-reactive ketones (excluding diaryl/α,β-unsaturated/α-hetero) is 1. The summed E-state index contributed by atoms with van der Waals surface area (Å²) >= 11 is 4.88. The number of rotatable bonds is 4. The number of nitrogens with zero attached hydrogens (tertiary/aromatic N) is 3. The van der Waals surface area contributed by atoms with Crippen LogP contribution in [0.5, 0.6) is 0 Å². The highest BCUT2D eigenvalue weighted by Crippen LogP contribution is 2.36. The molecular weight excluding hydrogens is 464 g/mol. The van der Waals surface area contributed by atoms with E-state index in [0.717, 1.165) is 21.1 Å². The third-order valence-corrected chi connectivity index (χ3v) is 6.04. The first-order chi connectivity index (χ1) is 14.5. The van der Waals surface area contributed by atoms with Gasteiger partial charge in [0.25, 0.3) is 0 Å². The molecule has 0 amide bonds. The molecule has 0 saturated heterocycles. The molecule has 30 heavy (non-hydrogen) atoms. The number of anilines is 1. The summed E-state index contributed by atoms with van der Waals surface area (Å²) in [5, 5.41) is 8.13. The summed E-state index contributed by atoms with van der Waals surface area (Å²) in [6, 6.07) is 17.2. The number of hydrogen-bond acceptors (Lipinski definition) is 6. The van der Waals surface area contributed by atoms with Gasteiger partial charge < -0.3 is 10.2 Å². The Labute approximate surface area is 184 Å². The Morgan fingerprint density at radius 1 is 1.17 bits per heavy atom. The van der Waals surface area contributed by atoms with E-state index in [4.69, 9.17) is 10.2 Å². The molecule has 0 atom stereocenters. The number of nitrogen functional groups attached to an aromatic ring is 1. The van der Waals surface area contributed by atoms with Crippen LogP contribution in [0.4, 0.5) is 5.69 Å². The molecule has 2 N–H and O–H groups in total. The van der Waals surface area contributed by atoms with Crippen molar-refractivity contribution in [3.8, 4) is 27.8 Å². The highest BCUT2D eigenvalue weighted by atomic mass is 79.9. The number of halogens is 1. The van der Waals surface area contributed by atoms with Crippen molar-refractivity contribution in [1.82, 2.24) is 14.8 Å². The molecule has 8 heteroatoms. The van der Waals surface area contributed by atoms with Crippen molar-refractivity contribution in [2.45, 2.75) is 6.92 Å². The topological polar surface area (TPSA) is 86.9 Å². The Morgan fingerprint density at radius 2 is 1.97 bits per heavy atom. The summed E-state index contributed by atoms with van der Waals surface area (Å²) in [4.78, 5) is 17.0. The van der Waals surface area contributed by atoms with Gasteiger partial charge in [0.05, 0.1) is 11.4 Å². The molecule has 6 nitrogen and oxygen atoms in total. The van der Waals surface area contributed by atoms with Gasteiger partial charge in [-0.25, -0.2) is 9.67 Å². The molecule has 3 aromatic heterocycles. The molecule has 5 aromatic rings. The van der Waals surface area contributed by atoms with Crippen molar-refractivity contribution in [3.63, 3.8) is 0 Å². The van der Waals surface area contributed by atoms with E-state index in [1.807, 2.05) is 60.0 Å². The number of para-hydroxylation sites is 1. The van der Waals surface area contributed by atoms with Crippen molar-refractivity contribution in [2.24, 2.45) is 0 Å². The van der Waals surface area contributed by atoms with Crippen LogP contribution in [-0.2, 0) is 0 Å². The van der Waals surface area contributed by atoms with Gasteiger partial charge in [-0.15, -0.1) is 11.3 Å². The Balaban J connectivity index is 1.60. The lowest BCUT2D eigenvalue weighted by atomic mass is 10.2. The van der Waals surface area contributed by atoms with Crippen molar-refractivity contribution in [1.29, 1.82) is 0 Å². The Kier molecular flexibility index (Phi) is 4.52. The minimum atomic E-state index is -0.158. The molecule has 0 bridgehead atoms. The van der Waals surface area contributed by atoms with Crippen LogP contribution in [0.25, 0.3) is 38.8 Å². The zero-order valence-electron chi connectivity index (χ0n) is 15.8. The second-order valence-corrected chi connectivity index (χ2v) is 8.52. The molecule has 0 aliphatic carbocycles. The number of furan rings is 1. The predicted octanol–water partition coefficient (Wildman–Crippen LogP) is 5.96. The fourth-order valence-corrected chi connectivity index (χ4v) is 4.50. The molecule has 148 valence electrons. The lowest BCUT2D eigenvalue weighted by Gasteiger charge is -2.04. The normalized spacial score (nSPS) is 11.3. The van der Waals surface area contributed by atoms with Gasteiger partial charge in [0.15, 0.2) is 11.5 Å². The number of ketones is 1. The fraction of sp³-hybridized carbons (Fsp3) is 0.0455. The number of benzene rings is 2. The van der Waals surface area contributed by atoms with Crippen LogP contribution in [0.15, 0.2) is 68.9 Å².